The maximum absolute atomic E-state index is 6.68. The van der Waals surface area contributed by atoms with Gasteiger partial charge in [0, 0.05) is 56.3 Å². The lowest BCUT2D eigenvalue weighted by atomic mass is 9.78. The molecule has 0 saturated heterocycles. The van der Waals surface area contributed by atoms with Crippen molar-refractivity contribution in [1.82, 2.24) is 9.97 Å². The summed E-state index contributed by atoms with van der Waals surface area (Å²) in [5, 5.41) is 1.10. The number of hydrogen-bond acceptors (Lipinski definition) is 4. The third-order valence-corrected chi connectivity index (χ3v) is 14.8. The van der Waals surface area contributed by atoms with Crippen LogP contribution in [0.5, 0.6) is 0 Å². The zero-order chi connectivity index (χ0) is 42.6. The quantitative estimate of drug-likeness (QED) is 0.178. The molecule has 0 saturated carbocycles. The molecule has 7 aromatic carbocycles. The molecule has 0 amide bonds. The summed E-state index contributed by atoms with van der Waals surface area (Å²) < 4.78 is 12.7. The van der Waals surface area contributed by atoms with Gasteiger partial charge >= 0.3 is 0 Å². The van der Waals surface area contributed by atoms with E-state index in [0.29, 0.717) is 5.89 Å². The lowest BCUT2D eigenvalue weighted by Crippen LogP contribution is -2.17. The third kappa shape index (κ3) is 4.98. The van der Waals surface area contributed by atoms with Gasteiger partial charge in [0.25, 0.3) is 0 Å². The van der Waals surface area contributed by atoms with E-state index in [9.17, 15) is 0 Å². The fourth-order valence-corrected chi connectivity index (χ4v) is 11.4. The smallest absolute Gasteiger partial charge is 0.227 e. The van der Waals surface area contributed by atoms with Gasteiger partial charge < -0.3 is 8.83 Å². The van der Waals surface area contributed by atoms with Gasteiger partial charge in [-0.2, -0.15) is 0 Å². The summed E-state index contributed by atoms with van der Waals surface area (Å²) in [5.74, 6) is 1.53. The molecule has 3 aromatic heterocycles. The highest BCUT2D eigenvalue weighted by Gasteiger charge is 2.45. The van der Waals surface area contributed by atoms with E-state index >= 15 is 0 Å². The van der Waals surface area contributed by atoms with Crippen molar-refractivity contribution < 1.29 is 8.83 Å². The summed E-state index contributed by atoms with van der Waals surface area (Å²) in [6.45, 7) is 14.4. The van der Waals surface area contributed by atoms with Crippen molar-refractivity contribution in [2.24, 2.45) is 0 Å². The van der Waals surface area contributed by atoms with Gasteiger partial charge in [-0.3, -0.25) is 4.98 Å². The molecule has 13 rings (SSSR count). The van der Waals surface area contributed by atoms with Crippen LogP contribution in [0.2, 0.25) is 0 Å². The van der Waals surface area contributed by atoms with Crippen molar-refractivity contribution in [2.75, 3.05) is 0 Å². The van der Waals surface area contributed by atoms with Gasteiger partial charge in [0.15, 0.2) is 5.58 Å². The predicted molar refractivity (Wildman–Crippen MR) is 256 cm³/mol. The van der Waals surface area contributed by atoms with Crippen LogP contribution >= 0.6 is 0 Å². The second-order valence-corrected chi connectivity index (χ2v) is 19.4. The number of pyridine rings is 1. The molecule has 0 bridgehead atoms. The van der Waals surface area contributed by atoms with E-state index in [0.717, 1.165) is 50.1 Å². The van der Waals surface area contributed by atoms with E-state index in [-0.39, 0.29) is 16.2 Å². The molecule has 0 spiro atoms. The highest BCUT2D eigenvalue weighted by Crippen LogP contribution is 2.60. The molecule has 4 nitrogen and oxygen atoms in total. The standard InChI is InChI=1S/C59H44N2O2/c1-57(2)45-26-35(33-17-19-34(20-18-33)56-61-51-14-8-10-16-53(51)63-56)21-23-38(45)41-28-49-43(30-47(41)57)44-31-48-42(29-50(44)59(49,5)6)39-24-22-36(27-46(39)58(48,3)4)55-54(37-12-11-25-60-32-37)40-13-7-9-15-52(40)62-55/h7-32H,1-6H3. The summed E-state index contributed by atoms with van der Waals surface area (Å²) in [4.78, 5) is 9.19. The summed E-state index contributed by atoms with van der Waals surface area (Å²) in [5.41, 5.74) is 24.9. The maximum Gasteiger partial charge on any atom is 0.227 e. The SMILES string of the molecule is CC1(C)c2cc(-c3ccc(-c4nc5ccccc5o4)cc3)ccc2-c2cc3c(cc21)-c1cc2c(cc1C3(C)C)-c1ccc(-c3oc4ccccc4c3-c3cccnc3)cc1C2(C)C. The Morgan fingerprint density at radius 3 is 1.51 bits per heavy atom. The summed E-state index contributed by atoms with van der Waals surface area (Å²) in [6.07, 6.45) is 3.76. The number of hydrogen-bond donors (Lipinski definition) is 0. The first-order valence-electron chi connectivity index (χ1n) is 22.0. The largest absolute Gasteiger partial charge is 0.455 e. The van der Waals surface area contributed by atoms with Gasteiger partial charge in [-0.25, -0.2) is 4.98 Å². The van der Waals surface area contributed by atoms with Crippen LogP contribution in [0.25, 0.3) is 100 Å². The first-order chi connectivity index (χ1) is 30.5. The monoisotopic (exact) mass is 812 g/mol. The Labute approximate surface area is 366 Å². The van der Waals surface area contributed by atoms with Crippen molar-refractivity contribution in [1.29, 1.82) is 0 Å². The predicted octanol–water partition coefficient (Wildman–Crippen LogP) is 15.6. The van der Waals surface area contributed by atoms with Crippen LogP contribution in [0, 0.1) is 0 Å². The molecule has 3 aliphatic carbocycles. The number of fused-ring (bicyclic) bond motifs is 11. The van der Waals surface area contributed by atoms with E-state index < -0.39 is 0 Å². The Morgan fingerprint density at radius 1 is 0.397 bits per heavy atom. The Morgan fingerprint density at radius 2 is 0.905 bits per heavy atom. The molecule has 0 atom stereocenters. The molecule has 0 aliphatic heterocycles. The first-order valence-corrected chi connectivity index (χ1v) is 22.0. The van der Waals surface area contributed by atoms with Crippen molar-refractivity contribution in [3.05, 3.63) is 191 Å². The number of nitrogens with zero attached hydrogens (tertiary/aromatic N) is 2. The number of benzene rings is 7. The molecule has 3 heterocycles. The van der Waals surface area contributed by atoms with E-state index in [1.807, 2.05) is 48.8 Å². The molecule has 4 heteroatoms. The van der Waals surface area contributed by atoms with Crippen LogP contribution < -0.4 is 0 Å². The lowest BCUT2D eigenvalue weighted by molar-refractivity contribution is 0.620. The van der Waals surface area contributed by atoms with E-state index in [1.165, 1.54) is 77.9 Å². The second kappa shape index (κ2) is 12.4. The zero-order valence-corrected chi connectivity index (χ0v) is 36.2. The fraction of sp³-hybridized carbons (Fsp3) is 0.153. The van der Waals surface area contributed by atoms with Crippen LogP contribution in [0.15, 0.2) is 167 Å². The van der Waals surface area contributed by atoms with Crippen LogP contribution in [-0.4, -0.2) is 9.97 Å². The Kier molecular flexibility index (Phi) is 7.17. The van der Waals surface area contributed by atoms with Gasteiger partial charge in [-0.05, 0) is 151 Å². The third-order valence-electron chi connectivity index (χ3n) is 14.8. The van der Waals surface area contributed by atoms with Crippen LogP contribution in [0.4, 0.5) is 0 Å². The lowest BCUT2D eigenvalue weighted by Gasteiger charge is -2.25. The molecule has 0 N–H and O–H groups in total. The summed E-state index contributed by atoms with van der Waals surface area (Å²) >= 11 is 0. The van der Waals surface area contributed by atoms with Gasteiger partial charge in [-0.15, -0.1) is 0 Å². The van der Waals surface area contributed by atoms with E-state index in [4.69, 9.17) is 13.8 Å². The van der Waals surface area contributed by atoms with Gasteiger partial charge in [0.2, 0.25) is 5.89 Å². The highest BCUT2D eigenvalue weighted by atomic mass is 16.3. The Bertz CT molecular complexity index is 3550. The minimum atomic E-state index is -0.216. The van der Waals surface area contributed by atoms with Crippen molar-refractivity contribution in [2.45, 2.75) is 57.8 Å². The Balaban J connectivity index is 0.870. The molecule has 0 radical (unpaired) electrons. The number of rotatable bonds is 4. The van der Waals surface area contributed by atoms with Crippen LogP contribution in [0.1, 0.15) is 74.9 Å². The average molecular weight is 813 g/mol. The molecule has 3 aliphatic rings. The molecule has 63 heavy (non-hydrogen) atoms. The van der Waals surface area contributed by atoms with E-state index in [1.54, 1.807) is 0 Å². The molecular formula is C59H44N2O2. The molecule has 0 unspecified atom stereocenters. The van der Waals surface area contributed by atoms with Crippen LogP contribution in [0.3, 0.4) is 0 Å². The van der Waals surface area contributed by atoms with Gasteiger partial charge in [-0.1, -0.05) is 114 Å². The maximum atomic E-state index is 6.68. The highest BCUT2D eigenvalue weighted by molar-refractivity contribution is 6.02. The van der Waals surface area contributed by atoms with E-state index in [2.05, 4.69) is 156 Å². The normalized spacial score (nSPS) is 15.5. The average Bonchev–Trinajstić information content (AvgIpc) is 4.07. The number of furan rings is 1. The van der Waals surface area contributed by atoms with Gasteiger partial charge in [0.1, 0.15) is 16.9 Å². The summed E-state index contributed by atoms with van der Waals surface area (Å²) in [6, 6.07) is 53.1. The number of para-hydroxylation sites is 3. The molecule has 302 valence electrons. The van der Waals surface area contributed by atoms with Gasteiger partial charge in [0.05, 0.1) is 0 Å². The van der Waals surface area contributed by atoms with Crippen LogP contribution in [-0.2, 0) is 16.2 Å². The Hall–Kier alpha value is -7.30. The van der Waals surface area contributed by atoms with Crippen molar-refractivity contribution in [3.8, 4) is 78.4 Å². The molecule has 0 fully saturated rings. The zero-order valence-electron chi connectivity index (χ0n) is 36.2. The minimum absolute atomic E-state index is 0.169. The van der Waals surface area contributed by atoms with Crippen molar-refractivity contribution in [3.63, 3.8) is 0 Å². The summed E-state index contributed by atoms with van der Waals surface area (Å²) in [7, 11) is 0. The molecule has 10 aromatic rings. The topological polar surface area (TPSA) is 52.1 Å². The molecular weight excluding hydrogens is 769 g/mol. The first kappa shape index (κ1) is 36.4. The number of oxazole rings is 1. The minimum Gasteiger partial charge on any atom is -0.455 e. The van der Waals surface area contributed by atoms with Crippen molar-refractivity contribution >= 4 is 22.1 Å². The second-order valence-electron chi connectivity index (χ2n) is 19.4. The number of aromatic nitrogens is 2. The fourth-order valence-electron chi connectivity index (χ4n) is 11.4.